The van der Waals surface area contributed by atoms with E-state index in [1.165, 1.54) is 10.6 Å². The molecule has 110 valence electrons. The summed E-state index contributed by atoms with van der Waals surface area (Å²) < 4.78 is 6.55. The lowest BCUT2D eigenvalue weighted by atomic mass is 10.1. The number of hydrogen-bond donors (Lipinski definition) is 2. The lowest BCUT2D eigenvalue weighted by Crippen LogP contribution is -2.37. The molecule has 0 aliphatic rings. The molecular weight excluding hydrogens is 270 g/mol. The number of benzene rings is 1. The Kier molecular flexibility index (Phi) is 4.86. The third-order valence-corrected chi connectivity index (χ3v) is 3.14. The van der Waals surface area contributed by atoms with Crippen LogP contribution in [-0.4, -0.2) is 24.2 Å². The summed E-state index contributed by atoms with van der Waals surface area (Å²) in [6, 6.07) is 12.7. The zero-order valence-corrected chi connectivity index (χ0v) is 11.7. The second-order valence-corrected chi connectivity index (χ2v) is 4.42. The fourth-order valence-corrected chi connectivity index (χ4v) is 2.09. The van der Waals surface area contributed by atoms with E-state index in [1.807, 2.05) is 35.8 Å². The van der Waals surface area contributed by atoms with Crippen LogP contribution < -0.4 is 16.8 Å². The minimum atomic E-state index is -0.606. The molecule has 0 saturated carbocycles. The lowest BCUT2D eigenvalue weighted by molar-refractivity contribution is 0.0951. The summed E-state index contributed by atoms with van der Waals surface area (Å²) in [4.78, 5) is 24.1. The highest BCUT2D eigenvalue weighted by Crippen LogP contribution is 2.17. The number of aromatic nitrogens is 1. The number of amides is 1. The molecule has 0 fully saturated rings. The molecule has 2 aromatic rings. The Morgan fingerprint density at radius 1 is 1.24 bits per heavy atom. The van der Waals surface area contributed by atoms with E-state index in [0.717, 1.165) is 11.3 Å². The first-order valence-electron chi connectivity index (χ1n) is 6.48. The van der Waals surface area contributed by atoms with Gasteiger partial charge < -0.3 is 9.30 Å². The number of nitrogens with two attached hydrogens (primary N) is 1. The molecule has 6 nitrogen and oxygen atoms in total. The molecule has 0 aliphatic carbocycles. The molecule has 0 bridgehead atoms. The summed E-state index contributed by atoms with van der Waals surface area (Å²) in [7, 11) is 1.56. The van der Waals surface area contributed by atoms with Crippen molar-refractivity contribution in [2.24, 2.45) is 5.84 Å². The van der Waals surface area contributed by atoms with Crippen molar-refractivity contribution in [2.45, 2.75) is 6.54 Å². The van der Waals surface area contributed by atoms with Crippen molar-refractivity contribution in [2.75, 3.05) is 13.7 Å². The first-order valence-corrected chi connectivity index (χ1v) is 6.48. The molecule has 0 unspecified atom stereocenters. The van der Waals surface area contributed by atoms with E-state index < -0.39 is 11.5 Å². The van der Waals surface area contributed by atoms with Gasteiger partial charge in [0.15, 0.2) is 0 Å². The topological polar surface area (TPSA) is 86.3 Å². The quantitative estimate of drug-likeness (QED) is 0.483. The average molecular weight is 287 g/mol. The fourth-order valence-electron chi connectivity index (χ4n) is 2.09. The van der Waals surface area contributed by atoms with Gasteiger partial charge in [-0.25, -0.2) is 5.84 Å². The largest absolute Gasteiger partial charge is 0.383 e. The first-order chi connectivity index (χ1) is 10.2. The SMILES string of the molecule is COCCn1c(-c2ccccc2)ccc(C(=O)NN)c1=O. The molecule has 1 aromatic heterocycles. The van der Waals surface area contributed by atoms with Crippen molar-refractivity contribution in [1.29, 1.82) is 0 Å². The molecule has 0 radical (unpaired) electrons. The Bertz CT molecular complexity index is 680. The van der Waals surface area contributed by atoms with Gasteiger partial charge in [-0.3, -0.25) is 15.0 Å². The highest BCUT2D eigenvalue weighted by Gasteiger charge is 2.14. The van der Waals surface area contributed by atoms with E-state index in [2.05, 4.69) is 0 Å². The lowest BCUT2D eigenvalue weighted by Gasteiger charge is -2.14. The van der Waals surface area contributed by atoms with E-state index in [0.29, 0.717) is 13.2 Å². The third-order valence-electron chi connectivity index (χ3n) is 3.14. The summed E-state index contributed by atoms with van der Waals surface area (Å²) in [6.07, 6.45) is 0. The van der Waals surface area contributed by atoms with E-state index in [-0.39, 0.29) is 5.56 Å². The van der Waals surface area contributed by atoms with Gasteiger partial charge in [0.25, 0.3) is 11.5 Å². The molecule has 21 heavy (non-hydrogen) atoms. The van der Waals surface area contributed by atoms with E-state index in [1.54, 1.807) is 13.2 Å². The van der Waals surface area contributed by atoms with Crippen molar-refractivity contribution in [3.63, 3.8) is 0 Å². The average Bonchev–Trinajstić information content (AvgIpc) is 2.53. The molecule has 6 heteroatoms. The second-order valence-electron chi connectivity index (χ2n) is 4.42. The van der Waals surface area contributed by atoms with Crippen LogP contribution in [-0.2, 0) is 11.3 Å². The van der Waals surface area contributed by atoms with Crippen molar-refractivity contribution in [3.05, 3.63) is 58.4 Å². The van der Waals surface area contributed by atoms with Crippen LogP contribution in [0.15, 0.2) is 47.3 Å². The minimum absolute atomic E-state index is 0.00767. The number of ether oxygens (including phenoxy) is 1. The monoisotopic (exact) mass is 287 g/mol. The summed E-state index contributed by atoms with van der Waals surface area (Å²) in [5.74, 6) is 4.49. The van der Waals surface area contributed by atoms with Crippen molar-refractivity contribution in [3.8, 4) is 11.3 Å². The number of nitrogen functional groups attached to an aromatic ring is 1. The number of hydrazine groups is 1. The highest BCUT2D eigenvalue weighted by molar-refractivity contribution is 5.93. The maximum Gasteiger partial charge on any atom is 0.270 e. The number of rotatable bonds is 5. The molecule has 0 aliphatic heterocycles. The number of carbonyl (C=O) groups excluding carboxylic acids is 1. The zero-order chi connectivity index (χ0) is 15.2. The van der Waals surface area contributed by atoms with E-state index in [4.69, 9.17) is 10.6 Å². The van der Waals surface area contributed by atoms with E-state index >= 15 is 0 Å². The van der Waals surface area contributed by atoms with Gasteiger partial charge in [0.1, 0.15) is 5.56 Å². The Morgan fingerprint density at radius 2 is 1.95 bits per heavy atom. The van der Waals surface area contributed by atoms with Crippen molar-refractivity contribution >= 4 is 5.91 Å². The van der Waals surface area contributed by atoms with Crippen molar-refractivity contribution in [1.82, 2.24) is 9.99 Å². The zero-order valence-electron chi connectivity index (χ0n) is 11.7. The molecule has 2 rings (SSSR count). The molecule has 0 saturated heterocycles. The van der Waals surface area contributed by atoms with Gasteiger partial charge >= 0.3 is 0 Å². The Morgan fingerprint density at radius 3 is 2.57 bits per heavy atom. The molecule has 0 spiro atoms. The van der Waals surface area contributed by atoms with Gasteiger partial charge in [0.05, 0.1) is 12.3 Å². The smallest absolute Gasteiger partial charge is 0.270 e. The van der Waals surface area contributed by atoms with Crippen LogP contribution in [0.5, 0.6) is 0 Å². The summed E-state index contributed by atoms with van der Waals surface area (Å²) >= 11 is 0. The van der Waals surface area contributed by atoms with Gasteiger partial charge in [-0.1, -0.05) is 30.3 Å². The van der Waals surface area contributed by atoms with Crippen LogP contribution in [0.1, 0.15) is 10.4 Å². The molecular formula is C15H17N3O3. The molecule has 3 N–H and O–H groups in total. The number of methoxy groups -OCH3 is 1. The van der Waals surface area contributed by atoms with Gasteiger partial charge in [-0.15, -0.1) is 0 Å². The van der Waals surface area contributed by atoms with E-state index in [9.17, 15) is 9.59 Å². The number of nitrogens with zero attached hydrogens (tertiary/aromatic N) is 1. The number of hydrogen-bond acceptors (Lipinski definition) is 4. The van der Waals surface area contributed by atoms with Crippen LogP contribution in [0.2, 0.25) is 0 Å². The number of pyridine rings is 1. The molecule has 1 aromatic carbocycles. The molecule has 1 heterocycles. The number of nitrogens with one attached hydrogen (secondary N) is 1. The van der Waals surface area contributed by atoms with Crippen molar-refractivity contribution < 1.29 is 9.53 Å². The van der Waals surface area contributed by atoms with Gasteiger partial charge in [-0.2, -0.15) is 0 Å². The van der Waals surface area contributed by atoms with Crippen LogP contribution in [0, 0.1) is 0 Å². The molecule has 1 amide bonds. The fraction of sp³-hybridized carbons (Fsp3) is 0.200. The highest BCUT2D eigenvalue weighted by atomic mass is 16.5. The van der Waals surface area contributed by atoms with Gasteiger partial charge in [-0.05, 0) is 17.7 Å². The summed E-state index contributed by atoms with van der Waals surface area (Å²) in [5.41, 5.74) is 3.22. The Balaban J connectivity index is 2.58. The number of carbonyl (C=O) groups is 1. The third kappa shape index (κ3) is 3.18. The second kappa shape index (κ2) is 6.83. The van der Waals surface area contributed by atoms with Gasteiger partial charge in [0, 0.05) is 13.7 Å². The van der Waals surface area contributed by atoms with Crippen LogP contribution in [0.25, 0.3) is 11.3 Å². The Hall–Kier alpha value is -2.44. The van der Waals surface area contributed by atoms with Crippen LogP contribution in [0.4, 0.5) is 0 Å². The van der Waals surface area contributed by atoms with Gasteiger partial charge in [0.2, 0.25) is 0 Å². The normalized spacial score (nSPS) is 10.4. The minimum Gasteiger partial charge on any atom is -0.383 e. The predicted molar refractivity (Wildman–Crippen MR) is 79.7 cm³/mol. The molecule has 0 atom stereocenters. The van der Waals surface area contributed by atoms with Crippen LogP contribution >= 0.6 is 0 Å². The Labute approximate surface area is 122 Å². The summed E-state index contributed by atoms with van der Waals surface area (Å²) in [6.45, 7) is 0.721. The standard InChI is InChI=1S/C15H17N3O3/c1-21-10-9-18-13(11-5-3-2-4-6-11)8-7-12(15(18)20)14(19)17-16/h2-8H,9-10,16H2,1H3,(H,17,19). The maximum atomic E-state index is 12.5. The predicted octanol–water partition coefficient (Wildman–Crippen LogP) is 0.765. The first kappa shape index (κ1) is 15.0. The summed E-state index contributed by atoms with van der Waals surface area (Å²) in [5, 5.41) is 0. The maximum absolute atomic E-state index is 12.5. The van der Waals surface area contributed by atoms with Crippen LogP contribution in [0.3, 0.4) is 0 Å².